The maximum atomic E-state index is 13.1. The van der Waals surface area contributed by atoms with Crippen LogP contribution in [0.25, 0.3) is 22.1 Å². The number of benzene rings is 2. The second-order valence-electron chi connectivity index (χ2n) is 7.47. The van der Waals surface area contributed by atoms with Gasteiger partial charge in [0.1, 0.15) is 17.6 Å². The van der Waals surface area contributed by atoms with Gasteiger partial charge in [-0.05, 0) is 37.6 Å². The van der Waals surface area contributed by atoms with Crippen molar-refractivity contribution in [3.63, 3.8) is 0 Å². The van der Waals surface area contributed by atoms with Crippen LogP contribution in [0, 0.1) is 0 Å². The van der Waals surface area contributed by atoms with Crippen molar-refractivity contribution < 1.29 is 42.5 Å². The third kappa shape index (κ3) is 5.85. The summed E-state index contributed by atoms with van der Waals surface area (Å²) >= 11 is 0. The predicted molar refractivity (Wildman–Crippen MR) is 123 cm³/mol. The van der Waals surface area contributed by atoms with Gasteiger partial charge in [0.05, 0.1) is 18.1 Å². The van der Waals surface area contributed by atoms with Crippen LogP contribution in [-0.4, -0.2) is 44.3 Å². The normalized spacial score (nSPS) is 12.5. The molecule has 0 saturated carbocycles. The first-order chi connectivity index (χ1) is 16.6. The van der Waals surface area contributed by atoms with Gasteiger partial charge in [-0.2, -0.15) is 0 Å². The molecule has 0 spiro atoms. The average Bonchev–Trinajstić information content (AvgIpc) is 2.83. The maximum absolute atomic E-state index is 13.1. The molecule has 0 radical (unpaired) electrons. The van der Waals surface area contributed by atoms with E-state index in [0.717, 1.165) is 0 Å². The van der Waals surface area contributed by atoms with Gasteiger partial charge < -0.3 is 28.1 Å². The van der Waals surface area contributed by atoms with Crippen molar-refractivity contribution in [1.29, 1.82) is 0 Å². The lowest BCUT2D eigenvalue weighted by atomic mass is 10.1. The smallest absolute Gasteiger partial charge is 0.352 e. The van der Waals surface area contributed by atoms with Gasteiger partial charge in [-0.25, -0.2) is 9.59 Å². The van der Waals surface area contributed by atoms with Crippen LogP contribution in [-0.2, 0) is 23.9 Å². The molecule has 0 aliphatic rings. The van der Waals surface area contributed by atoms with Crippen molar-refractivity contribution in [3.8, 4) is 28.4 Å². The lowest BCUT2D eigenvalue weighted by Gasteiger charge is -2.16. The highest BCUT2D eigenvalue weighted by molar-refractivity contribution is 5.87. The molecule has 1 aromatic heterocycles. The minimum Gasteiger partial charge on any atom is -0.493 e. The Kier molecular flexibility index (Phi) is 7.87. The molecule has 184 valence electrons. The molecular formula is C25H24O10. The zero-order chi connectivity index (χ0) is 25.7. The number of carbonyl (C=O) groups excluding carboxylic acids is 3. The molecule has 0 saturated heterocycles. The third-order valence-electron chi connectivity index (χ3n) is 5.01. The number of esters is 3. The predicted octanol–water partition coefficient (Wildman–Crippen LogP) is 3.27. The summed E-state index contributed by atoms with van der Waals surface area (Å²) in [5, 5.41) is 0.191. The highest BCUT2D eigenvalue weighted by Crippen LogP contribution is 2.33. The minimum absolute atomic E-state index is 0.0191. The molecular weight excluding hydrogens is 460 g/mol. The molecule has 0 bridgehead atoms. The van der Waals surface area contributed by atoms with Gasteiger partial charge in [-0.1, -0.05) is 12.1 Å². The zero-order valence-electron chi connectivity index (χ0n) is 19.8. The van der Waals surface area contributed by atoms with Crippen molar-refractivity contribution in [3.05, 3.63) is 52.9 Å². The second kappa shape index (κ2) is 10.8. The Hall–Kier alpha value is -4.18. The van der Waals surface area contributed by atoms with Crippen molar-refractivity contribution in [1.82, 2.24) is 0 Å². The van der Waals surface area contributed by atoms with Gasteiger partial charge in [0.2, 0.25) is 5.43 Å². The fourth-order valence-corrected chi connectivity index (χ4v) is 3.05. The van der Waals surface area contributed by atoms with E-state index in [1.807, 2.05) is 0 Å². The SMILES string of the molecule is COc1cc2c(=O)c(-c3ccc(OC(C)=O)cc3)coc2cc1OC(=O)[C@@H](C)OC(=O)[C@@H](C)OC. The van der Waals surface area contributed by atoms with Crippen LogP contribution in [0.15, 0.2) is 51.9 Å². The van der Waals surface area contributed by atoms with E-state index in [0.29, 0.717) is 11.3 Å². The van der Waals surface area contributed by atoms with Gasteiger partial charge in [0.15, 0.2) is 23.7 Å². The Labute approximate surface area is 200 Å². The molecule has 0 aliphatic heterocycles. The average molecular weight is 484 g/mol. The maximum Gasteiger partial charge on any atom is 0.352 e. The van der Waals surface area contributed by atoms with Gasteiger partial charge in [-0.15, -0.1) is 0 Å². The number of ether oxygens (including phenoxy) is 5. The van der Waals surface area contributed by atoms with Crippen molar-refractivity contribution in [2.45, 2.75) is 33.0 Å². The van der Waals surface area contributed by atoms with Gasteiger partial charge in [-0.3, -0.25) is 9.59 Å². The van der Waals surface area contributed by atoms with E-state index in [9.17, 15) is 19.2 Å². The van der Waals surface area contributed by atoms with Gasteiger partial charge in [0.25, 0.3) is 0 Å². The first-order valence-corrected chi connectivity index (χ1v) is 10.5. The highest BCUT2D eigenvalue weighted by Gasteiger charge is 2.25. The Balaban J connectivity index is 1.89. The van der Waals surface area contributed by atoms with Crippen molar-refractivity contribution >= 4 is 28.9 Å². The number of hydrogen-bond acceptors (Lipinski definition) is 10. The molecule has 3 rings (SSSR count). The zero-order valence-corrected chi connectivity index (χ0v) is 19.8. The highest BCUT2D eigenvalue weighted by atomic mass is 16.6. The molecule has 0 N–H and O–H groups in total. The fraction of sp³-hybridized carbons (Fsp3) is 0.280. The minimum atomic E-state index is -1.22. The molecule has 10 heteroatoms. The lowest BCUT2D eigenvalue weighted by Crippen LogP contribution is -2.32. The fourth-order valence-electron chi connectivity index (χ4n) is 3.05. The number of carbonyl (C=O) groups is 3. The summed E-state index contributed by atoms with van der Waals surface area (Å²) in [6.45, 7) is 4.13. The molecule has 0 amide bonds. The third-order valence-corrected chi connectivity index (χ3v) is 5.01. The standard InChI is InChI=1S/C25H24O10/c1-13(30-4)24(28)33-14(2)25(29)35-22-11-20-18(10-21(22)31-5)23(27)19(12-32-20)16-6-8-17(9-7-16)34-15(3)26/h6-14H,1-5H3/t13-,14-/m1/s1. The quantitative estimate of drug-likeness (QED) is 0.347. The van der Waals surface area contributed by atoms with Gasteiger partial charge >= 0.3 is 17.9 Å². The van der Waals surface area contributed by atoms with Crippen LogP contribution >= 0.6 is 0 Å². The van der Waals surface area contributed by atoms with E-state index in [1.165, 1.54) is 53.4 Å². The Morgan fingerprint density at radius 1 is 0.886 bits per heavy atom. The van der Waals surface area contributed by atoms with Crippen LogP contribution in [0.2, 0.25) is 0 Å². The van der Waals surface area contributed by atoms with E-state index in [1.54, 1.807) is 24.3 Å². The molecule has 0 aliphatic carbocycles. The monoisotopic (exact) mass is 484 g/mol. The van der Waals surface area contributed by atoms with E-state index < -0.39 is 30.1 Å². The first-order valence-electron chi connectivity index (χ1n) is 10.5. The summed E-state index contributed by atoms with van der Waals surface area (Å²) in [4.78, 5) is 48.5. The van der Waals surface area contributed by atoms with E-state index in [2.05, 4.69) is 0 Å². The molecule has 0 fully saturated rings. The number of methoxy groups -OCH3 is 2. The number of rotatable bonds is 8. The van der Waals surface area contributed by atoms with Crippen LogP contribution in [0.5, 0.6) is 17.2 Å². The molecule has 10 nitrogen and oxygen atoms in total. The lowest BCUT2D eigenvalue weighted by molar-refractivity contribution is -0.168. The molecule has 3 aromatic rings. The topological polar surface area (TPSA) is 128 Å². The molecule has 2 atom stereocenters. The van der Waals surface area contributed by atoms with Gasteiger partial charge in [0, 0.05) is 20.1 Å². The van der Waals surface area contributed by atoms with Crippen LogP contribution in [0.1, 0.15) is 20.8 Å². The summed E-state index contributed by atoms with van der Waals surface area (Å²) in [6, 6.07) is 9.10. The van der Waals surface area contributed by atoms with Crippen LogP contribution in [0.4, 0.5) is 0 Å². The second-order valence-corrected chi connectivity index (χ2v) is 7.47. The van der Waals surface area contributed by atoms with E-state index in [4.69, 9.17) is 28.1 Å². The summed E-state index contributed by atoms with van der Waals surface area (Å²) in [5.74, 6) is -1.61. The van der Waals surface area contributed by atoms with Crippen LogP contribution in [0.3, 0.4) is 0 Å². The Morgan fingerprint density at radius 3 is 2.17 bits per heavy atom. The van der Waals surface area contributed by atoms with Crippen LogP contribution < -0.4 is 19.6 Å². The molecule has 2 aromatic carbocycles. The summed E-state index contributed by atoms with van der Waals surface area (Å²) in [5.41, 5.74) is 0.619. The summed E-state index contributed by atoms with van der Waals surface area (Å²) in [7, 11) is 2.69. The summed E-state index contributed by atoms with van der Waals surface area (Å²) < 4.78 is 31.2. The molecule has 0 unspecified atom stereocenters. The first kappa shape index (κ1) is 25.4. The Bertz CT molecular complexity index is 1310. The summed E-state index contributed by atoms with van der Waals surface area (Å²) in [6.07, 6.45) is -0.785. The van der Waals surface area contributed by atoms with E-state index >= 15 is 0 Å². The Morgan fingerprint density at radius 2 is 1.57 bits per heavy atom. The molecule has 1 heterocycles. The van der Waals surface area contributed by atoms with E-state index in [-0.39, 0.29) is 33.5 Å². The van der Waals surface area contributed by atoms with Crippen molar-refractivity contribution in [2.75, 3.05) is 14.2 Å². The largest absolute Gasteiger partial charge is 0.493 e. The number of hydrogen-bond donors (Lipinski definition) is 0. The molecule has 35 heavy (non-hydrogen) atoms. The number of fused-ring (bicyclic) bond motifs is 1. The van der Waals surface area contributed by atoms with Crippen molar-refractivity contribution in [2.24, 2.45) is 0 Å².